The Morgan fingerprint density at radius 3 is 2.32 bits per heavy atom. The van der Waals surface area contributed by atoms with Gasteiger partial charge >= 0.3 is 0 Å². The molecule has 4 nitrogen and oxygen atoms in total. The summed E-state index contributed by atoms with van der Waals surface area (Å²) in [4.78, 5) is 26.5. The first-order valence-corrected chi connectivity index (χ1v) is 9.43. The van der Waals surface area contributed by atoms with Crippen LogP contribution < -0.4 is 5.32 Å². The van der Waals surface area contributed by atoms with Crippen LogP contribution in [0.1, 0.15) is 51.7 Å². The van der Waals surface area contributed by atoms with Crippen LogP contribution in [0.2, 0.25) is 0 Å². The summed E-state index contributed by atoms with van der Waals surface area (Å²) >= 11 is 0. The van der Waals surface area contributed by atoms with E-state index in [1.165, 1.54) is 11.1 Å². The summed E-state index contributed by atoms with van der Waals surface area (Å²) in [6, 6.07) is 8.80. The highest BCUT2D eigenvalue weighted by Gasteiger charge is 2.38. The van der Waals surface area contributed by atoms with Gasteiger partial charge in [0.1, 0.15) is 0 Å². The molecule has 1 aromatic rings. The molecule has 1 saturated heterocycles. The quantitative estimate of drug-likeness (QED) is 0.894. The number of hydrogen-bond donors (Lipinski definition) is 1. The molecule has 1 aliphatic heterocycles. The van der Waals surface area contributed by atoms with Crippen LogP contribution in [0.15, 0.2) is 24.3 Å². The van der Waals surface area contributed by atoms with Crippen molar-refractivity contribution in [3.63, 3.8) is 0 Å². The van der Waals surface area contributed by atoms with Gasteiger partial charge in [-0.3, -0.25) is 9.59 Å². The van der Waals surface area contributed by atoms with E-state index in [-0.39, 0.29) is 29.3 Å². The molecule has 1 unspecified atom stereocenters. The largest absolute Gasteiger partial charge is 0.351 e. The maximum atomic E-state index is 12.7. The number of nitrogens with one attached hydrogen (secondary N) is 1. The molecule has 0 spiro atoms. The van der Waals surface area contributed by atoms with Crippen LogP contribution in [-0.2, 0) is 22.4 Å². The lowest BCUT2D eigenvalue weighted by Crippen LogP contribution is -2.48. The fraction of sp³-hybridized carbons (Fsp3) is 0.619. The number of carbonyl (C=O) groups excluding carboxylic acids is 2. The number of nitrogens with zero attached hydrogens (tertiary/aromatic N) is 1. The molecule has 4 heteroatoms. The van der Waals surface area contributed by atoms with Crippen molar-refractivity contribution in [3.8, 4) is 0 Å². The molecule has 1 aliphatic carbocycles. The van der Waals surface area contributed by atoms with Gasteiger partial charge in [0.05, 0.1) is 5.92 Å². The first-order chi connectivity index (χ1) is 11.7. The van der Waals surface area contributed by atoms with E-state index in [2.05, 4.69) is 43.4 Å². The summed E-state index contributed by atoms with van der Waals surface area (Å²) in [6.45, 7) is 8.75. The zero-order valence-electron chi connectivity index (χ0n) is 15.8. The molecule has 1 atom stereocenters. The van der Waals surface area contributed by atoms with Crippen molar-refractivity contribution in [2.75, 3.05) is 6.54 Å². The van der Waals surface area contributed by atoms with E-state index >= 15 is 0 Å². The maximum Gasteiger partial charge on any atom is 0.225 e. The zero-order valence-corrected chi connectivity index (χ0v) is 15.8. The van der Waals surface area contributed by atoms with Gasteiger partial charge < -0.3 is 10.2 Å². The molecular weight excluding hydrogens is 312 g/mol. The molecule has 1 fully saturated rings. The molecule has 0 bridgehead atoms. The Kier molecular flexibility index (Phi) is 4.90. The molecular formula is C21H30N2O2. The van der Waals surface area contributed by atoms with E-state index in [0.717, 1.165) is 19.3 Å². The normalized spacial score (nSPS) is 21.1. The minimum absolute atomic E-state index is 0.0250. The maximum absolute atomic E-state index is 12.7. The van der Waals surface area contributed by atoms with Crippen molar-refractivity contribution in [1.82, 2.24) is 10.2 Å². The lowest BCUT2D eigenvalue weighted by molar-refractivity contribution is -0.130. The molecule has 0 aromatic heterocycles. The molecule has 1 N–H and O–H groups in total. The van der Waals surface area contributed by atoms with Gasteiger partial charge in [-0.1, -0.05) is 24.3 Å². The molecule has 0 radical (unpaired) electrons. The van der Waals surface area contributed by atoms with Crippen molar-refractivity contribution in [3.05, 3.63) is 35.4 Å². The Hall–Kier alpha value is -1.84. The third kappa shape index (κ3) is 4.05. The summed E-state index contributed by atoms with van der Waals surface area (Å²) in [7, 11) is 0. The van der Waals surface area contributed by atoms with Crippen molar-refractivity contribution < 1.29 is 9.59 Å². The van der Waals surface area contributed by atoms with Crippen molar-refractivity contribution in [1.29, 1.82) is 0 Å². The molecule has 25 heavy (non-hydrogen) atoms. The van der Waals surface area contributed by atoms with Gasteiger partial charge in [-0.2, -0.15) is 0 Å². The summed E-state index contributed by atoms with van der Waals surface area (Å²) in [5.41, 5.74) is 2.64. The number of benzene rings is 1. The third-order valence-corrected chi connectivity index (χ3v) is 5.55. The Labute approximate surface area is 151 Å². The van der Waals surface area contributed by atoms with Gasteiger partial charge in [-0.05, 0) is 64.0 Å². The molecule has 136 valence electrons. The van der Waals surface area contributed by atoms with Crippen molar-refractivity contribution in [2.45, 2.75) is 65.0 Å². The van der Waals surface area contributed by atoms with E-state index in [1.54, 1.807) is 0 Å². The highest BCUT2D eigenvalue weighted by atomic mass is 16.2. The van der Waals surface area contributed by atoms with Gasteiger partial charge in [-0.25, -0.2) is 0 Å². The zero-order chi connectivity index (χ0) is 18.2. The summed E-state index contributed by atoms with van der Waals surface area (Å²) < 4.78 is 0. The van der Waals surface area contributed by atoms with Crippen LogP contribution in [0, 0.1) is 11.8 Å². The fourth-order valence-corrected chi connectivity index (χ4v) is 4.41. The monoisotopic (exact) mass is 342 g/mol. The van der Waals surface area contributed by atoms with E-state index in [4.69, 9.17) is 0 Å². The second kappa shape index (κ2) is 6.81. The molecule has 1 aromatic carbocycles. The van der Waals surface area contributed by atoms with E-state index in [0.29, 0.717) is 18.9 Å². The minimum Gasteiger partial charge on any atom is -0.351 e. The number of rotatable bonds is 5. The highest BCUT2D eigenvalue weighted by Crippen LogP contribution is 2.32. The number of carbonyl (C=O) groups is 2. The third-order valence-electron chi connectivity index (χ3n) is 5.55. The second-order valence-corrected chi connectivity index (χ2v) is 8.66. The van der Waals surface area contributed by atoms with Crippen LogP contribution in [0.3, 0.4) is 0 Å². The number of likely N-dealkylation sites (tertiary alicyclic amines) is 1. The summed E-state index contributed by atoms with van der Waals surface area (Å²) in [5, 5.41) is 3.21. The Morgan fingerprint density at radius 1 is 1.20 bits per heavy atom. The predicted octanol–water partition coefficient (Wildman–Crippen LogP) is 2.94. The second-order valence-electron chi connectivity index (χ2n) is 8.66. The van der Waals surface area contributed by atoms with Gasteiger partial charge in [0.25, 0.3) is 0 Å². The van der Waals surface area contributed by atoms with Crippen LogP contribution >= 0.6 is 0 Å². The average molecular weight is 342 g/mol. The number of fused-ring (bicyclic) bond motifs is 1. The van der Waals surface area contributed by atoms with Gasteiger partial charge in [0.15, 0.2) is 0 Å². The molecule has 0 saturated carbocycles. The van der Waals surface area contributed by atoms with E-state index in [9.17, 15) is 9.59 Å². The van der Waals surface area contributed by atoms with Crippen molar-refractivity contribution >= 4 is 11.8 Å². The fourth-order valence-electron chi connectivity index (χ4n) is 4.41. The lowest BCUT2D eigenvalue weighted by atomic mass is 9.88. The van der Waals surface area contributed by atoms with Crippen LogP contribution in [0.25, 0.3) is 0 Å². The summed E-state index contributed by atoms with van der Waals surface area (Å²) in [5.74, 6) is 0.483. The van der Waals surface area contributed by atoms with Gasteiger partial charge in [-0.15, -0.1) is 0 Å². The first kappa shape index (κ1) is 18.0. The minimum atomic E-state index is -0.252. The molecule has 2 amide bonds. The SMILES string of the molecule is CC(C)N1CC(C(=O)NC(C)(C)CC2Cc3ccccc3C2)CC1=O. The van der Waals surface area contributed by atoms with Crippen LogP contribution in [0.5, 0.6) is 0 Å². The van der Waals surface area contributed by atoms with E-state index < -0.39 is 0 Å². The lowest BCUT2D eigenvalue weighted by Gasteiger charge is -2.30. The Balaban J connectivity index is 1.55. The average Bonchev–Trinajstić information content (AvgIpc) is 3.08. The Bertz CT molecular complexity index is 641. The highest BCUT2D eigenvalue weighted by molar-refractivity contribution is 5.89. The summed E-state index contributed by atoms with van der Waals surface area (Å²) in [6.07, 6.45) is 3.49. The number of hydrogen-bond acceptors (Lipinski definition) is 2. The van der Waals surface area contributed by atoms with Crippen LogP contribution in [-0.4, -0.2) is 34.8 Å². The van der Waals surface area contributed by atoms with Crippen molar-refractivity contribution in [2.24, 2.45) is 11.8 Å². The molecule has 1 heterocycles. The standard InChI is InChI=1S/C21H30N2O2/c1-14(2)23-13-18(11-19(23)24)20(25)22-21(3,4)12-15-9-16-7-5-6-8-17(16)10-15/h5-8,14-15,18H,9-13H2,1-4H3,(H,22,25). The molecule has 3 rings (SSSR count). The van der Waals surface area contributed by atoms with E-state index in [1.807, 2.05) is 18.7 Å². The van der Waals surface area contributed by atoms with Gasteiger partial charge in [0, 0.05) is 24.5 Å². The molecule has 2 aliphatic rings. The smallest absolute Gasteiger partial charge is 0.225 e. The number of amides is 2. The van der Waals surface area contributed by atoms with Crippen LogP contribution in [0.4, 0.5) is 0 Å². The predicted molar refractivity (Wildman–Crippen MR) is 99.1 cm³/mol. The Morgan fingerprint density at radius 2 is 1.80 bits per heavy atom. The first-order valence-electron chi connectivity index (χ1n) is 9.43. The topological polar surface area (TPSA) is 49.4 Å². The van der Waals surface area contributed by atoms with Gasteiger partial charge in [0.2, 0.25) is 11.8 Å².